The number of halogens is 1. The van der Waals surface area contributed by atoms with Gasteiger partial charge in [-0.3, -0.25) is 4.79 Å². The number of nitrogens with zero attached hydrogens (tertiary/aromatic N) is 2. The molecule has 1 fully saturated rings. The smallest absolute Gasteiger partial charge is 0.277 e. The first-order valence-electron chi connectivity index (χ1n) is 7.11. The van der Waals surface area contributed by atoms with Crippen LogP contribution in [0.4, 0.5) is 11.6 Å². The number of hydrogen-bond donors (Lipinski definition) is 1. The number of hydrogen-bond acceptors (Lipinski definition) is 6. The summed E-state index contributed by atoms with van der Waals surface area (Å²) in [6.07, 6.45) is 0. The minimum Gasteiger partial charge on any atom is -0.495 e. The Hall–Kier alpha value is -2.25. The molecule has 23 heavy (non-hydrogen) atoms. The van der Waals surface area contributed by atoms with Gasteiger partial charge in [-0.05, 0) is 18.2 Å². The van der Waals surface area contributed by atoms with Gasteiger partial charge >= 0.3 is 0 Å². The molecule has 122 valence electrons. The summed E-state index contributed by atoms with van der Waals surface area (Å²) in [6.45, 7) is 2.69. The Morgan fingerprint density at radius 3 is 2.83 bits per heavy atom. The molecule has 7 nitrogen and oxygen atoms in total. The molecule has 0 aliphatic carbocycles. The summed E-state index contributed by atoms with van der Waals surface area (Å²) in [5, 5.41) is 6.95. The number of nitrogens with one attached hydrogen (secondary N) is 1. The zero-order valence-corrected chi connectivity index (χ0v) is 13.3. The molecule has 1 saturated heterocycles. The summed E-state index contributed by atoms with van der Waals surface area (Å²) in [6, 6.07) is 6.61. The summed E-state index contributed by atoms with van der Waals surface area (Å²) in [7, 11) is 1.53. The monoisotopic (exact) mass is 337 g/mol. The Morgan fingerprint density at radius 2 is 2.13 bits per heavy atom. The molecule has 3 rings (SSSR count). The number of amides is 1. The van der Waals surface area contributed by atoms with Gasteiger partial charge in [0.25, 0.3) is 5.91 Å². The van der Waals surface area contributed by atoms with Gasteiger partial charge in [0.05, 0.1) is 25.3 Å². The number of carbonyl (C=O) groups is 1. The summed E-state index contributed by atoms with van der Waals surface area (Å²) in [5.41, 5.74) is 0.759. The molecule has 0 spiro atoms. The average molecular weight is 338 g/mol. The van der Waals surface area contributed by atoms with E-state index in [9.17, 15) is 4.79 Å². The number of aromatic nitrogens is 1. The second-order valence-electron chi connectivity index (χ2n) is 4.95. The van der Waals surface area contributed by atoms with Crippen molar-refractivity contribution in [3.63, 3.8) is 0 Å². The summed E-state index contributed by atoms with van der Waals surface area (Å²) < 4.78 is 15.6. The topological polar surface area (TPSA) is 76.8 Å². The van der Waals surface area contributed by atoms with E-state index < -0.39 is 0 Å². The third kappa shape index (κ3) is 3.57. The molecule has 1 aliphatic rings. The third-order valence-electron chi connectivity index (χ3n) is 3.46. The van der Waals surface area contributed by atoms with Crippen molar-refractivity contribution in [1.82, 2.24) is 5.16 Å². The number of ether oxygens (including phenoxy) is 2. The van der Waals surface area contributed by atoms with Crippen molar-refractivity contribution in [2.24, 2.45) is 0 Å². The number of anilines is 2. The predicted molar refractivity (Wildman–Crippen MR) is 85.5 cm³/mol. The van der Waals surface area contributed by atoms with E-state index in [1.165, 1.54) is 7.11 Å². The Bertz CT molecular complexity index is 698. The van der Waals surface area contributed by atoms with Crippen LogP contribution in [0.2, 0.25) is 5.02 Å². The lowest BCUT2D eigenvalue weighted by Gasteiger charge is -2.25. The first-order chi connectivity index (χ1) is 11.2. The molecule has 8 heteroatoms. The molecule has 1 aromatic heterocycles. The molecule has 1 aliphatic heterocycles. The number of methoxy groups -OCH3 is 1. The van der Waals surface area contributed by atoms with Gasteiger partial charge in [0.1, 0.15) is 5.75 Å². The Kier molecular flexibility index (Phi) is 4.68. The van der Waals surface area contributed by atoms with Crippen LogP contribution in [0.15, 0.2) is 28.8 Å². The molecule has 2 aromatic rings. The average Bonchev–Trinajstić information content (AvgIpc) is 3.06. The van der Waals surface area contributed by atoms with E-state index >= 15 is 0 Å². The van der Waals surface area contributed by atoms with Crippen LogP contribution in [0.1, 0.15) is 10.5 Å². The molecule has 1 amide bonds. The maximum absolute atomic E-state index is 12.2. The van der Waals surface area contributed by atoms with Crippen molar-refractivity contribution in [2.45, 2.75) is 0 Å². The molecular formula is C15H16ClN3O4. The van der Waals surface area contributed by atoms with Gasteiger partial charge in [-0.1, -0.05) is 16.8 Å². The lowest BCUT2D eigenvalue weighted by Crippen LogP contribution is -2.35. The molecule has 0 atom stereocenters. The highest BCUT2D eigenvalue weighted by Crippen LogP contribution is 2.27. The van der Waals surface area contributed by atoms with Gasteiger partial charge < -0.3 is 24.2 Å². The molecule has 0 saturated carbocycles. The van der Waals surface area contributed by atoms with Gasteiger partial charge in [0.2, 0.25) is 5.88 Å². The minimum absolute atomic E-state index is 0.207. The Balaban J connectivity index is 1.68. The molecule has 2 heterocycles. The fourth-order valence-corrected chi connectivity index (χ4v) is 2.50. The number of rotatable bonds is 4. The molecule has 0 radical (unpaired) electrons. The highest BCUT2D eigenvalue weighted by Gasteiger charge is 2.19. The maximum Gasteiger partial charge on any atom is 0.277 e. The largest absolute Gasteiger partial charge is 0.495 e. The Morgan fingerprint density at radius 1 is 1.35 bits per heavy atom. The molecule has 0 bridgehead atoms. The molecule has 1 aromatic carbocycles. The van der Waals surface area contributed by atoms with E-state index in [2.05, 4.69) is 10.5 Å². The predicted octanol–water partition coefficient (Wildman–Crippen LogP) is 2.43. The van der Waals surface area contributed by atoms with Crippen LogP contribution < -0.4 is 15.0 Å². The fraction of sp³-hybridized carbons (Fsp3) is 0.333. The van der Waals surface area contributed by atoms with Crippen LogP contribution in [-0.4, -0.2) is 44.5 Å². The second-order valence-corrected chi connectivity index (χ2v) is 5.36. The van der Waals surface area contributed by atoms with Crippen molar-refractivity contribution >= 4 is 29.1 Å². The van der Waals surface area contributed by atoms with Crippen LogP contribution in [0, 0.1) is 0 Å². The van der Waals surface area contributed by atoms with E-state index in [1.54, 1.807) is 24.3 Å². The molecular weight excluding hydrogens is 322 g/mol. The zero-order chi connectivity index (χ0) is 16.2. The third-order valence-corrected chi connectivity index (χ3v) is 3.76. The first kappa shape index (κ1) is 15.6. The highest BCUT2D eigenvalue weighted by atomic mass is 35.5. The lowest BCUT2D eigenvalue weighted by atomic mass is 10.3. The fourth-order valence-electron chi connectivity index (χ4n) is 2.24. The van der Waals surface area contributed by atoms with Crippen molar-refractivity contribution in [3.05, 3.63) is 35.0 Å². The van der Waals surface area contributed by atoms with Crippen LogP contribution in [0.5, 0.6) is 5.75 Å². The number of carbonyl (C=O) groups excluding carboxylic acids is 1. The van der Waals surface area contributed by atoms with Crippen LogP contribution in [0.25, 0.3) is 0 Å². The Labute approximate surface area is 138 Å². The SMILES string of the molecule is COc1ccc(NC(=O)c2cc(N3CCOCC3)on2)cc1Cl. The molecule has 0 unspecified atom stereocenters. The van der Waals surface area contributed by atoms with Crippen LogP contribution in [0.3, 0.4) is 0 Å². The normalized spacial score (nSPS) is 14.6. The van der Waals surface area contributed by atoms with Gasteiger partial charge in [0, 0.05) is 24.8 Å². The van der Waals surface area contributed by atoms with Crippen LogP contribution in [-0.2, 0) is 4.74 Å². The van der Waals surface area contributed by atoms with Crippen molar-refractivity contribution < 1.29 is 18.8 Å². The van der Waals surface area contributed by atoms with Crippen LogP contribution >= 0.6 is 11.6 Å². The van der Waals surface area contributed by atoms with E-state index in [0.29, 0.717) is 48.6 Å². The lowest BCUT2D eigenvalue weighted by molar-refractivity contribution is 0.101. The maximum atomic E-state index is 12.2. The van der Waals surface area contributed by atoms with Gasteiger partial charge in [-0.2, -0.15) is 0 Å². The summed E-state index contributed by atoms with van der Waals surface area (Å²) in [4.78, 5) is 14.2. The standard InChI is InChI=1S/C15H16ClN3O4/c1-21-13-3-2-10(8-11(13)16)17-15(20)12-9-14(23-18-12)19-4-6-22-7-5-19/h2-3,8-9H,4-7H2,1H3,(H,17,20). The summed E-state index contributed by atoms with van der Waals surface area (Å²) >= 11 is 6.04. The van der Waals surface area contributed by atoms with E-state index in [0.717, 1.165) is 0 Å². The van der Waals surface area contributed by atoms with E-state index in [4.69, 9.17) is 25.6 Å². The van der Waals surface area contributed by atoms with Crippen molar-refractivity contribution in [2.75, 3.05) is 43.6 Å². The minimum atomic E-state index is -0.366. The van der Waals surface area contributed by atoms with E-state index in [-0.39, 0.29) is 11.6 Å². The van der Waals surface area contributed by atoms with E-state index in [1.807, 2.05) is 4.90 Å². The number of morpholine rings is 1. The quantitative estimate of drug-likeness (QED) is 0.923. The zero-order valence-electron chi connectivity index (χ0n) is 12.5. The van der Waals surface area contributed by atoms with Crippen molar-refractivity contribution in [3.8, 4) is 5.75 Å². The summed E-state index contributed by atoms with van der Waals surface area (Å²) in [5.74, 6) is 0.737. The second kappa shape index (κ2) is 6.89. The molecule has 1 N–H and O–H groups in total. The van der Waals surface area contributed by atoms with Crippen molar-refractivity contribution in [1.29, 1.82) is 0 Å². The first-order valence-corrected chi connectivity index (χ1v) is 7.49. The number of benzene rings is 1. The van der Waals surface area contributed by atoms with Gasteiger partial charge in [0.15, 0.2) is 5.69 Å². The highest BCUT2D eigenvalue weighted by molar-refractivity contribution is 6.32. The van der Waals surface area contributed by atoms with Gasteiger partial charge in [-0.15, -0.1) is 0 Å². The van der Waals surface area contributed by atoms with Gasteiger partial charge in [-0.25, -0.2) is 0 Å².